The monoisotopic (exact) mass is 389 g/mol. The van der Waals surface area contributed by atoms with Crippen LogP contribution >= 0.6 is 0 Å². The quantitative estimate of drug-likeness (QED) is 0.607. The second kappa shape index (κ2) is 8.51. The van der Waals surface area contributed by atoms with Gasteiger partial charge in [-0.05, 0) is 49.1 Å². The molecule has 0 atom stereocenters. The summed E-state index contributed by atoms with van der Waals surface area (Å²) in [7, 11) is -3.67. The second-order valence-electron chi connectivity index (χ2n) is 6.42. The highest BCUT2D eigenvalue weighted by atomic mass is 32.2. The summed E-state index contributed by atoms with van der Waals surface area (Å²) in [6, 6.07) is 13.1. The third kappa shape index (κ3) is 5.29. The Hall–Kier alpha value is -2.42. The maximum absolute atomic E-state index is 12.7. The van der Waals surface area contributed by atoms with Crippen LogP contribution in [0.4, 0.5) is 5.69 Å². The number of nitrogens with two attached hydrogens (primary N) is 1. The minimum atomic E-state index is -3.67. The van der Waals surface area contributed by atoms with Crippen molar-refractivity contribution in [3.8, 4) is 5.75 Å². The Labute approximate surface area is 159 Å². The zero-order valence-corrected chi connectivity index (χ0v) is 15.7. The highest BCUT2D eigenvalue weighted by molar-refractivity contribution is 7.89. The van der Waals surface area contributed by atoms with E-state index >= 15 is 0 Å². The van der Waals surface area contributed by atoms with Crippen LogP contribution in [0, 0.1) is 5.92 Å². The van der Waals surface area contributed by atoms with Crippen LogP contribution in [0.2, 0.25) is 0 Å². The SMILES string of the molecule is NCCNS(=O)(=O)c1cccc(NC(=O)c2ccccc2OCC2CC2)c1. The number of hydrogen-bond donors (Lipinski definition) is 3. The summed E-state index contributed by atoms with van der Waals surface area (Å²) in [6.07, 6.45) is 2.32. The van der Waals surface area contributed by atoms with Gasteiger partial charge in [0, 0.05) is 18.8 Å². The Balaban J connectivity index is 1.74. The predicted molar refractivity (Wildman–Crippen MR) is 103 cm³/mol. The fraction of sp³-hybridized carbons (Fsp3) is 0.316. The number of sulfonamides is 1. The zero-order valence-electron chi connectivity index (χ0n) is 14.9. The zero-order chi connectivity index (χ0) is 19.3. The van der Waals surface area contributed by atoms with Crippen LogP contribution < -0.4 is 20.5 Å². The van der Waals surface area contributed by atoms with E-state index in [-0.39, 0.29) is 23.9 Å². The number of hydrogen-bond acceptors (Lipinski definition) is 5. The Bertz CT molecular complexity index is 911. The van der Waals surface area contributed by atoms with E-state index in [0.717, 1.165) is 12.8 Å². The fourth-order valence-corrected chi connectivity index (χ4v) is 3.58. The molecular weight excluding hydrogens is 366 g/mol. The van der Waals surface area contributed by atoms with E-state index in [0.29, 0.717) is 29.5 Å². The highest BCUT2D eigenvalue weighted by Crippen LogP contribution is 2.30. The lowest BCUT2D eigenvalue weighted by Gasteiger charge is -2.12. The summed E-state index contributed by atoms with van der Waals surface area (Å²) in [4.78, 5) is 12.7. The standard InChI is InChI=1S/C19H23N3O4S/c20-10-11-21-27(24,25)16-5-3-4-15(12-16)22-19(23)17-6-1-2-7-18(17)26-13-14-8-9-14/h1-7,12,14,21H,8-11,13,20H2,(H,22,23). The highest BCUT2D eigenvalue weighted by Gasteiger charge is 2.23. The molecule has 0 radical (unpaired) electrons. The number of carbonyl (C=O) groups excluding carboxylic acids is 1. The first-order chi connectivity index (χ1) is 13.0. The van der Waals surface area contributed by atoms with Gasteiger partial charge < -0.3 is 15.8 Å². The largest absolute Gasteiger partial charge is 0.492 e. The van der Waals surface area contributed by atoms with Gasteiger partial charge >= 0.3 is 0 Å². The van der Waals surface area contributed by atoms with Gasteiger partial charge in [-0.3, -0.25) is 4.79 Å². The first-order valence-electron chi connectivity index (χ1n) is 8.82. The van der Waals surface area contributed by atoms with Crippen molar-refractivity contribution >= 4 is 21.6 Å². The van der Waals surface area contributed by atoms with Gasteiger partial charge in [-0.25, -0.2) is 13.1 Å². The van der Waals surface area contributed by atoms with Crippen molar-refractivity contribution < 1.29 is 17.9 Å². The molecule has 1 fully saturated rings. The number of carbonyl (C=O) groups is 1. The van der Waals surface area contributed by atoms with E-state index in [1.165, 1.54) is 12.1 Å². The van der Waals surface area contributed by atoms with Crippen molar-refractivity contribution in [1.82, 2.24) is 4.72 Å². The second-order valence-corrected chi connectivity index (χ2v) is 8.19. The number of amides is 1. The number of para-hydroxylation sites is 1. The average Bonchev–Trinajstić information content (AvgIpc) is 3.50. The third-order valence-corrected chi connectivity index (χ3v) is 5.60. The van der Waals surface area contributed by atoms with Crippen molar-refractivity contribution in [3.63, 3.8) is 0 Å². The van der Waals surface area contributed by atoms with E-state index in [2.05, 4.69) is 10.0 Å². The molecule has 7 nitrogen and oxygen atoms in total. The van der Waals surface area contributed by atoms with Gasteiger partial charge in [0.1, 0.15) is 5.75 Å². The van der Waals surface area contributed by atoms with Gasteiger partial charge in [0.15, 0.2) is 0 Å². The summed E-state index contributed by atoms with van der Waals surface area (Å²) in [6.45, 7) is 0.947. The van der Waals surface area contributed by atoms with Gasteiger partial charge in [0.2, 0.25) is 10.0 Å². The maximum Gasteiger partial charge on any atom is 0.259 e. The number of benzene rings is 2. The van der Waals surface area contributed by atoms with Gasteiger partial charge in [-0.2, -0.15) is 0 Å². The molecule has 0 unspecified atom stereocenters. The summed E-state index contributed by atoms with van der Waals surface area (Å²) < 4.78 is 32.6. The molecule has 0 spiro atoms. The topological polar surface area (TPSA) is 111 Å². The molecule has 1 amide bonds. The van der Waals surface area contributed by atoms with Crippen LogP contribution in [0.1, 0.15) is 23.2 Å². The summed E-state index contributed by atoms with van der Waals surface area (Å²) in [5, 5.41) is 2.73. The average molecular weight is 389 g/mol. The van der Waals surface area contributed by atoms with Gasteiger partial charge in [-0.1, -0.05) is 18.2 Å². The van der Waals surface area contributed by atoms with Crippen LogP contribution in [0.15, 0.2) is 53.4 Å². The third-order valence-electron chi connectivity index (χ3n) is 4.14. The minimum Gasteiger partial charge on any atom is -0.492 e. The molecular formula is C19H23N3O4S. The van der Waals surface area contributed by atoms with Crippen LogP contribution in [0.5, 0.6) is 5.75 Å². The van der Waals surface area contributed by atoms with Crippen molar-refractivity contribution in [3.05, 3.63) is 54.1 Å². The van der Waals surface area contributed by atoms with Crippen LogP contribution in [0.25, 0.3) is 0 Å². The number of nitrogens with one attached hydrogen (secondary N) is 2. The van der Waals surface area contributed by atoms with E-state index in [1.54, 1.807) is 30.3 Å². The van der Waals surface area contributed by atoms with Crippen LogP contribution in [0.3, 0.4) is 0 Å². The molecule has 8 heteroatoms. The Morgan fingerprint density at radius 1 is 1.15 bits per heavy atom. The molecule has 0 aliphatic heterocycles. The van der Waals surface area contributed by atoms with Crippen molar-refractivity contribution in [2.24, 2.45) is 11.7 Å². The van der Waals surface area contributed by atoms with Crippen molar-refractivity contribution in [1.29, 1.82) is 0 Å². The smallest absolute Gasteiger partial charge is 0.259 e. The molecule has 2 aromatic carbocycles. The lowest BCUT2D eigenvalue weighted by molar-refractivity contribution is 0.102. The molecule has 3 rings (SSSR count). The fourth-order valence-electron chi connectivity index (χ4n) is 2.49. The molecule has 0 aromatic heterocycles. The normalized spacial score (nSPS) is 14.0. The molecule has 144 valence electrons. The van der Waals surface area contributed by atoms with Crippen molar-refractivity contribution in [2.45, 2.75) is 17.7 Å². The summed E-state index contributed by atoms with van der Waals surface area (Å²) >= 11 is 0. The Morgan fingerprint density at radius 3 is 2.67 bits per heavy atom. The Morgan fingerprint density at radius 2 is 1.93 bits per heavy atom. The first-order valence-corrected chi connectivity index (χ1v) is 10.3. The molecule has 2 aromatic rings. The van der Waals surface area contributed by atoms with E-state index < -0.39 is 10.0 Å². The summed E-state index contributed by atoms with van der Waals surface area (Å²) in [5.74, 6) is 0.741. The Kier molecular flexibility index (Phi) is 6.10. The molecule has 1 aliphatic carbocycles. The molecule has 0 bridgehead atoms. The van der Waals surface area contributed by atoms with E-state index in [4.69, 9.17) is 10.5 Å². The number of ether oxygens (including phenoxy) is 1. The lowest BCUT2D eigenvalue weighted by atomic mass is 10.2. The predicted octanol–water partition coefficient (Wildman–Crippen LogP) is 1.96. The van der Waals surface area contributed by atoms with Crippen LogP contribution in [-0.4, -0.2) is 34.0 Å². The summed E-state index contributed by atoms with van der Waals surface area (Å²) in [5.41, 5.74) is 6.13. The first kappa shape index (κ1) is 19.3. The minimum absolute atomic E-state index is 0.0621. The van der Waals surface area contributed by atoms with Gasteiger partial charge in [-0.15, -0.1) is 0 Å². The number of rotatable bonds is 9. The maximum atomic E-state index is 12.7. The number of anilines is 1. The van der Waals surface area contributed by atoms with Gasteiger partial charge in [0.05, 0.1) is 17.1 Å². The van der Waals surface area contributed by atoms with E-state index in [1.807, 2.05) is 6.07 Å². The molecule has 0 heterocycles. The van der Waals surface area contributed by atoms with Crippen LogP contribution in [-0.2, 0) is 10.0 Å². The molecule has 0 saturated heterocycles. The van der Waals surface area contributed by atoms with Crippen molar-refractivity contribution in [2.75, 3.05) is 25.0 Å². The molecule has 27 heavy (non-hydrogen) atoms. The molecule has 4 N–H and O–H groups in total. The van der Waals surface area contributed by atoms with E-state index in [9.17, 15) is 13.2 Å². The lowest BCUT2D eigenvalue weighted by Crippen LogP contribution is -2.29. The van der Waals surface area contributed by atoms with Gasteiger partial charge in [0.25, 0.3) is 5.91 Å². The molecule has 1 saturated carbocycles. The molecule has 1 aliphatic rings.